The number of benzene rings is 1. The van der Waals surface area contributed by atoms with Gasteiger partial charge in [0.2, 0.25) is 5.91 Å². The molecule has 8 heteroatoms. The first-order valence-electron chi connectivity index (χ1n) is 13.5. The van der Waals surface area contributed by atoms with Gasteiger partial charge in [-0.2, -0.15) is 0 Å². The van der Waals surface area contributed by atoms with E-state index in [1.807, 2.05) is 0 Å². The maximum Gasteiger partial charge on any atom is 0.321 e. The lowest BCUT2D eigenvalue weighted by Crippen LogP contribution is -2.56. The van der Waals surface area contributed by atoms with Gasteiger partial charge >= 0.3 is 6.03 Å². The van der Waals surface area contributed by atoms with Gasteiger partial charge in [0.1, 0.15) is 6.54 Å². The molecular formula is C28H44N4O4. The lowest BCUT2D eigenvalue weighted by molar-refractivity contribution is -0.121. The summed E-state index contributed by atoms with van der Waals surface area (Å²) in [4.78, 5) is 32.6. The largest absolute Gasteiger partial charge is 0.382 e. The fraction of sp³-hybridized carbons (Fsp3) is 0.714. The van der Waals surface area contributed by atoms with Gasteiger partial charge in [-0.25, -0.2) is 4.79 Å². The molecule has 1 spiro atoms. The van der Waals surface area contributed by atoms with Gasteiger partial charge in [0.25, 0.3) is 0 Å². The van der Waals surface area contributed by atoms with E-state index in [-0.39, 0.29) is 29.6 Å². The Morgan fingerprint density at radius 2 is 1.81 bits per heavy atom. The fourth-order valence-corrected chi connectivity index (χ4v) is 6.25. The van der Waals surface area contributed by atoms with Gasteiger partial charge in [-0.05, 0) is 64.1 Å². The number of methoxy groups -OCH3 is 1. The van der Waals surface area contributed by atoms with Gasteiger partial charge in [-0.15, -0.1) is 0 Å². The second-order valence-corrected chi connectivity index (χ2v) is 11.0. The third-order valence-corrected chi connectivity index (χ3v) is 8.73. The Labute approximate surface area is 216 Å². The van der Waals surface area contributed by atoms with Crippen LogP contribution in [-0.2, 0) is 19.8 Å². The Morgan fingerprint density at radius 3 is 2.42 bits per heavy atom. The average Bonchev–Trinajstić information content (AvgIpc) is 3.09. The minimum Gasteiger partial charge on any atom is -0.382 e. The Morgan fingerprint density at radius 1 is 1.08 bits per heavy atom. The van der Waals surface area contributed by atoms with Crippen molar-refractivity contribution in [3.8, 4) is 0 Å². The molecule has 8 nitrogen and oxygen atoms in total. The van der Waals surface area contributed by atoms with E-state index in [0.29, 0.717) is 38.8 Å². The zero-order valence-corrected chi connectivity index (χ0v) is 22.3. The molecular weight excluding hydrogens is 456 g/mol. The number of hydrogen-bond donors (Lipinski definition) is 1. The highest BCUT2D eigenvalue weighted by Crippen LogP contribution is 2.49. The molecule has 0 unspecified atom stereocenters. The zero-order valence-electron chi connectivity index (χ0n) is 22.3. The molecule has 0 atom stereocenters. The van der Waals surface area contributed by atoms with Crippen molar-refractivity contribution in [3.63, 3.8) is 0 Å². The summed E-state index contributed by atoms with van der Waals surface area (Å²) in [7, 11) is 5.98. The van der Waals surface area contributed by atoms with Crippen molar-refractivity contribution in [1.82, 2.24) is 20.0 Å². The number of hydrogen-bond acceptors (Lipinski definition) is 5. The van der Waals surface area contributed by atoms with Crippen LogP contribution in [0.25, 0.3) is 0 Å². The molecule has 4 rings (SSSR count). The first-order chi connectivity index (χ1) is 17.4. The highest BCUT2D eigenvalue weighted by molar-refractivity contribution is 5.86. The quantitative estimate of drug-likeness (QED) is 0.447. The molecule has 1 N–H and O–H groups in total. The van der Waals surface area contributed by atoms with Gasteiger partial charge in [0, 0.05) is 32.3 Å². The van der Waals surface area contributed by atoms with Crippen LogP contribution >= 0.6 is 0 Å². The third kappa shape index (κ3) is 5.71. The summed E-state index contributed by atoms with van der Waals surface area (Å²) < 4.78 is 10.4. The summed E-state index contributed by atoms with van der Waals surface area (Å²) in [6, 6.07) is 10.8. The smallest absolute Gasteiger partial charge is 0.321 e. The maximum absolute atomic E-state index is 13.6. The molecule has 1 heterocycles. The van der Waals surface area contributed by atoms with Crippen molar-refractivity contribution < 1.29 is 19.1 Å². The summed E-state index contributed by atoms with van der Waals surface area (Å²) >= 11 is 0. The molecule has 0 radical (unpaired) electrons. The van der Waals surface area contributed by atoms with Crippen molar-refractivity contribution in [3.05, 3.63) is 35.9 Å². The van der Waals surface area contributed by atoms with Crippen molar-refractivity contribution in [2.24, 2.45) is 5.92 Å². The number of nitrogens with zero attached hydrogens (tertiary/aromatic N) is 3. The molecule has 3 aliphatic rings. The van der Waals surface area contributed by atoms with Crippen LogP contribution in [-0.4, -0.2) is 99.4 Å². The molecule has 3 amide bonds. The average molecular weight is 501 g/mol. The second kappa shape index (κ2) is 11.9. The van der Waals surface area contributed by atoms with Crippen LogP contribution in [0.15, 0.2) is 30.3 Å². The number of rotatable bonds is 12. The number of ether oxygens (including phenoxy) is 2. The monoisotopic (exact) mass is 500 g/mol. The van der Waals surface area contributed by atoms with Crippen molar-refractivity contribution >= 4 is 11.9 Å². The number of urea groups is 1. The zero-order chi connectivity index (χ0) is 25.6. The van der Waals surface area contributed by atoms with Gasteiger partial charge in [-0.1, -0.05) is 36.8 Å². The third-order valence-electron chi connectivity index (χ3n) is 8.73. The topological polar surface area (TPSA) is 74.4 Å². The van der Waals surface area contributed by atoms with Crippen LogP contribution in [0.5, 0.6) is 0 Å². The minimum absolute atomic E-state index is 0.0225. The summed E-state index contributed by atoms with van der Waals surface area (Å²) in [5, 5.41) is 2.90. The lowest BCUT2D eigenvalue weighted by Gasteiger charge is -2.51. The van der Waals surface area contributed by atoms with E-state index in [4.69, 9.17) is 9.47 Å². The molecule has 200 valence electrons. The van der Waals surface area contributed by atoms with E-state index < -0.39 is 0 Å². The summed E-state index contributed by atoms with van der Waals surface area (Å²) in [6.45, 7) is 3.48. The first-order valence-corrected chi connectivity index (χ1v) is 13.5. The molecule has 1 aromatic rings. The summed E-state index contributed by atoms with van der Waals surface area (Å²) in [5.74, 6) is 0.473. The van der Waals surface area contributed by atoms with Crippen LogP contribution in [0, 0.1) is 5.92 Å². The highest BCUT2D eigenvalue weighted by Gasteiger charge is 2.55. The van der Waals surface area contributed by atoms with E-state index in [1.165, 1.54) is 24.8 Å². The predicted octanol–water partition coefficient (Wildman–Crippen LogP) is 3.07. The van der Waals surface area contributed by atoms with Crippen LogP contribution < -0.4 is 5.32 Å². The Balaban J connectivity index is 1.42. The van der Waals surface area contributed by atoms with E-state index >= 15 is 0 Å². The number of nitrogens with one attached hydrogen (secondary N) is 1. The van der Waals surface area contributed by atoms with E-state index in [1.54, 1.807) is 12.0 Å². The molecule has 0 bridgehead atoms. The summed E-state index contributed by atoms with van der Waals surface area (Å²) in [6.07, 6.45) is 7.56. The molecule has 2 aliphatic carbocycles. The van der Waals surface area contributed by atoms with Crippen LogP contribution in [0.4, 0.5) is 4.79 Å². The minimum atomic E-state index is -0.190. The normalized spacial score (nSPS) is 26.6. The number of carbonyl (C=O) groups excluding carboxylic acids is 2. The van der Waals surface area contributed by atoms with Crippen LogP contribution in [0.1, 0.15) is 50.5 Å². The first kappa shape index (κ1) is 26.9. The van der Waals surface area contributed by atoms with Crippen molar-refractivity contribution in [2.45, 2.75) is 56.0 Å². The molecule has 2 saturated carbocycles. The molecule has 1 saturated heterocycles. The second-order valence-electron chi connectivity index (χ2n) is 11.0. The van der Waals surface area contributed by atoms with E-state index in [9.17, 15) is 9.59 Å². The molecule has 1 aliphatic heterocycles. The van der Waals surface area contributed by atoms with Gasteiger partial charge < -0.3 is 24.6 Å². The van der Waals surface area contributed by atoms with Crippen LogP contribution in [0.3, 0.4) is 0 Å². The fourth-order valence-electron chi connectivity index (χ4n) is 6.25. The van der Waals surface area contributed by atoms with Crippen molar-refractivity contribution in [2.75, 3.05) is 67.2 Å². The van der Waals surface area contributed by atoms with Gasteiger partial charge in [0.05, 0.1) is 25.4 Å². The van der Waals surface area contributed by atoms with Crippen molar-refractivity contribution in [1.29, 1.82) is 0 Å². The summed E-state index contributed by atoms with van der Waals surface area (Å²) in [5.41, 5.74) is 1.14. The molecule has 0 aromatic heterocycles. The van der Waals surface area contributed by atoms with Gasteiger partial charge in [0.15, 0.2) is 0 Å². The van der Waals surface area contributed by atoms with E-state index in [2.05, 4.69) is 59.5 Å². The number of amides is 3. The Kier molecular flexibility index (Phi) is 8.91. The molecule has 3 fully saturated rings. The van der Waals surface area contributed by atoms with E-state index in [0.717, 1.165) is 32.2 Å². The molecule has 1 aromatic carbocycles. The highest BCUT2D eigenvalue weighted by atomic mass is 16.5. The van der Waals surface area contributed by atoms with Crippen LogP contribution in [0.2, 0.25) is 0 Å². The lowest BCUT2D eigenvalue weighted by atomic mass is 9.68. The van der Waals surface area contributed by atoms with Gasteiger partial charge in [-0.3, -0.25) is 9.69 Å². The SMILES string of the molecule is COCCOCCNC(=O)CN1C[C@]2(CC[C@@](c3ccccc3)(N(C)C)CC2)N(CC2CCC2)C1=O. The maximum atomic E-state index is 13.6. The predicted molar refractivity (Wildman–Crippen MR) is 140 cm³/mol. The molecule has 36 heavy (non-hydrogen) atoms. The Bertz CT molecular complexity index is 866. The Hall–Kier alpha value is -2.16. The number of carbonyl (C=O) groups is 2. The standard InChI is InChI=1S/C28H44N4O4/c1-30(2)28(24-10-5-4-6-11-24)14-12-27(13-15-28)22-31(26(34)32(27)20-23-8-7-9-23)21-25(33)29-16-17-36-19-18-35-3/h4-6,10-11,23H,7-9,12-22H2,1-3H3,(H,29,33)/t27-,28-.